The van der Waals surface area contributed by atoms with Crippen LogP contribution in [0.25, 0.3) is 0 Å². The lowest BCUT2D eigenvalue weighted by molar-refractivity contribution is 0.352. The Kier molecular flexibility index (Phi) is 5.06. The van der Waals surface area contributed by atoms with E-state index in [0.717, 1.165) is 24.2 Å². The predicted molar refractivity (Wildman–Crippen MR) is 68.7 cm³/mol. The van der Waals surface area contributed by atoms with Crippen molar-refractivity contribution in [3.05, 3.63) is 42.0 Å². The average molecular weight is 219 g/mol. The highest BCUT2D eigenvalue weighted by atomic mass is 16.5. The topological polar surface area (TPSA) is 35.2 Å². The number of hydrogen-bond donors (Lipinski definition) is 1. The van der Waals surface area contributed by atoms with Crippen LogP contribution in [0.15, 0.2) is 36.4 Å². The molecule has 0 bridgehead atoms. The van der Waals surface area contributed by atoms with Gasteiger partial charge in [-0.15, -0.1) is 0 Å². The van der Waals surface area contributed by atoms with Gasteiger partial charge in [0.1, 0.15) is 12.4 Å². The number of rotatable bonds is 6. The second-order valence-corrected chi connectivity index (χ2v) is 4.27. The van der Waals surface area contributed by atoms with E-state index < -0.39 is 0 Å². The van der Waals surface area contributed by atoms with E-state index in [0.29, 0.717) is 6.61 Å². The summed E-state index contributed by atoms with van der Waals surface area (Å²) in [6.45, 7) is 8.44. The molecule has 0 spiro atoms. The van der Waals surface area contributed by atoms with Gasteiger partial charge in [-0.1, -0.05) is 25.6 Å². The van der Waals surface area contributed by atoms with Crippen LogP contribution in [0.5, 0.6) is 5.75 Å². The molecule has 0 saturated carbocycles. The number of ether oxygens (including phenoxy) is 1. The van der Waals surface area contributed by atoms with Gasteiger partial charge in [-0.25, -0.2) is 0 Å². The first-order valence-corrected chi connectivity index (χ1v) is 5.73. The van der Waals surface area contributed by atoms with E-state index in [9.17, 15) is 0 Å². The lowest BCUT2D eigenvalue weighted by Gasteiger charge is -2.11. The number of hydrogen-bond acceptors (Lipinski definition) is 2. The van der Waals surface area contributed by atoms with Crippen LogP contribution in [-0.4, -0.2) is 12.6 Å². The van der Waals surface area contributed by atoms with E-state index in [4.69, 9.17) is 10.5 Å². The Hall–Kier alpha value is -1.28. The maximum Gasteiger partial charge on any atom is 0.120 e. The van der Waals surface area contributed by atoms with Crippen LogP contribution in [0.3, 0.4) is 0 Å². The highest BCUT2D eigenvalue weighted by Crippen LogP contribution is 2.15. The molecule has 16 heavy (non-hydrogen) atoms. The van der Waals surface area contributed by atoms with Crippen molar-refractivity contribution in [3.63, 3.8) is 0 Å². The molecule has 0 aromatic heterocycles. The normalized spacial score (nSPS) is 12.2. The fourth-order valence-corrected chi connectivity index (χ4v) is 1.42. The first kappa shape index (κ1) is 12.8. The number of benzene rings is 1. The van der Waals surface area contributed by atoms with Gasteiger partial charge in [0.15, 0.2) is 0 Å². The van der Waals surface area contributed by atoms with Gasteiger partial charge in [-0.2, -0.15) is 0 Å². The standard InChI is InChI=1S/C14H21NO/c1-4-13(15)8-12-6-5-7-14(9-12)16-10-11(2)3/h5-7,9,13H,2,4,8,10,15H2,1,3H3. The molecule has 0 aliphatic heterocycles. The summed E-state index contributed by atoms with van der Waals surface area (Å²) in [7, 11) is 0. The smallest absolute Gasteiger partial charge is 0.120 e. The van der Waals surface area contributed by atoms with E-state index in [1.165, 1.54) is 5.56 Å². The van der Waals surface area contributed by atoms with Crippen LogP contribution < -0.4 is 10.5 Å². The zero-order valence-corrected chi connectivity index (χ0v) is 10.2. The van der Waals surface area contributed by atoms with Crippen molar-refractivity contribution >= 4 is 0 Å². The summed E-state index contributed by atoms with van der Waals surface area (Å²) in [6, 6.07) is 8.34. The van der Waals surface area contributed by atoms with Gasteiger partial charge in [-0.3, -0.25) is 0 Å². The molecule has 1 atom stereocenters. The minimum atomic E-state index is 0.233. The second kappa shape index (κ2) is 6.33. The molecule has 1 aromatic carbocycles. The van der Waals surface area contributed by atoms with Crippen molar-refractivity contribution in [2.75, 3.05) is 6.61 Å². The van der Waals surface area contributed by atoms with E-state index in [-0.39, 0.29) is 6.04 Å². The maximum absolute atomic E-state index is 5.92. The Morgan fingerprint density at radius 2 is 2.25 bits per heavy atom. The van der Waals surface area contributed by atoms with Gasteiger partial charge in [0, 0.05) is 6.04 Å². The maximum atomic E-state index is 5.92. The highest BCUT2D eigenvalue weighted by Gasteiger charge is 2.02. The molecule has 0 fully saturated rings. The summed E-state index contributed by atoms with van der Waals surface area (Å²) < 4.78 is 5.58. The third-order valence-electron chi connectivity index (χ3n) is 2.41. The molecule has 0 amide bonds. The Labute approximate surface area is 98.1 Å². The Morgan fingerprint density at radius 3 is 2.88 bits per heavy atom. The first-order chi connectivity index (χ1) is 7.61. The molecule has 0 saturated heterocycles. The molecule has 88 valence electrons. The van der Waals surface area contributed by atoms with E-state index in [2.05, 4.69) is 25.6 Å². The highest BCUT2D eigenvalue weighted by molar-refractivity contribution is 5.29. The van der Waals surface area contributed by atoms with Crippen molar-refractivity contribution in [3.8, 4) is 5.75 Å². The summed E-state index contributed by atoms with van der Waals surface area (Å²) in [5, 5.41) is 0. The quantitative estimate of drug-likeness (QED) is 0.747. The van der Waals surface area contributed by atoms with Gasteiger partial charge >= 0.3 is 0 Å². The van der Waals surface area contributed by atoms with Crippen molar-refractivity contribution in [1.82, 2.24) is 0 Å². The second-order valence-electron chi connectivity index (χ2n) is 4.27. The molecule has 1 aromatic rings. The molecule has 0 heterocycles. The van der Waals surface area contributed by atoms with Gasteiger partial charge in [0.25, 0.3) is 0 Å². The number of nitrogens with two attached hydrogens (primary N) is 1. The zero-order chi connectivity index (χ0) is 12.0. The summed E-state index contributed by atoms with van der Waals surface area (Å²) in [5.41, 5.74) is 8.18. The molecule has 1 rings (SSSR count). The molecule has 1 unspecified atom stereocenters. The molecule has 2 heteroatoms. The lowest BCUT2D eigenvalue weighted by atomic mass is 10.0. The van der Waals surface area contributed by atoms with Gasteiger partial charge in [-0.05, 0) is 43.0 Å². The molecule has 2 N–H and O–H groups in total. The third kappa shape index (κ3) is 4.49. The Morgan fingerprint density at radius 1 is 1.50 bits per heavy atom. The summed E-state index contributed by atoms with van der Waals surface area (Å²) in [6.07, 6.45) is 1.90. The monoisotopic (exact) mass is 219 g/mol. The van der Waals surface area contributed by atoms with Crippen LogP contribution in [-0.2, 0) is 6.42 Å². The molecule has 2 nitrogen and oxygen atoms in total. The molecular weight excluding hydrogens is 198 g/mol. The molecule has 0 radical (unpaired) electrons. The summed E-state index contributed by atoms with van der Waals surface area (Å²) in [5.74, 6) is 0.892. The fourth-order valence-electron chi connectivity index (χ4n) is 1.42. The first-order valence-electron chi connectivity index (χ1n) is 5.73. The summed E-state index contributed by atoms with van der Waals surface area (Å²) in [4.78, 5) is 0. The van der Waals surface area contributed by atoms with Crippen molar-refractivity contribution in [1.29, 1.82) is 0 Å². The van der Waals surface area contributed by atoms with Crippen LogP contribution >= 0.6 is 0 Å². The zero-order valence-electron chi connectivity index (χ0n) is 10.2. The van der Waals surface area contributed by atoms with Crippen LogP contribution in [0.1, 0.15) is 25.8 Å². The average Bonchev–Trinajstić information content (AvgIpc) is 2.26. The lowest BCUT2D eigenvalue weighted by Crippen LogP contribution is -2.21. The molecular formula is C14H21NO. The van der Waals surface area contributed by atoms with Crippen molar-refractivity contribution < 1.29 is 4.74 Å². The summed E-state index contributed by atoms with van der Waals surface area (Å²) >= 11 is 0. The largest absolute Gasteiger partial charge is 0.489 e. The Balaban J connectivity index is 2.60. The minimum absolute atomic E-state index is 0.233. The van der Waals surface area contributed by atoms with Crippen LogP contribution in [0.2, 0.25) is 0 Å². The molecule has 0 aliphatic rings. The fraction of sp³-hybridized carbons (Fsp3) is 0.429. The van der Waals surface area contributed by atoms with E-state index in [1.807, 2.05) is 19.1 Å². The minimum Gasteiger partial charge on any atom is -0.489 e. The third-order valence-corrected chi connectivity index (χ3v) is 2.41. The van der Waals surface area contributed by atoms with Gasteiger partial charge in [0.2, 0.25) is 0 Å². The van der Waals surface area contributed by atoms with E-state index in [1.54, 1.807) is 0 Å². The van der Waals surface area contributed by atoms with Crippen molar-refractivity contribution in [2.45, 2.75) is 32.7 Å². The van der Waals surface area contributed by atoms with E-state index >= 15 is 0 Å². The van der Waals surface area contributed by atoms with Crippen molar-refractivity contribution in [2.24, 2.45) is 5.73 Å². The predicted octanol–water partition coefficient (Wildman–Crippen LogP) is 2.92. The van der Waals surface area contributed by atoms with Crippen LogP contribution in [0, 0.1) is 0 Å². The van der Waals surface area contributed by atoms with Gasteiger partial charge in [0.05, 0.1) is 0 Å². The van der Waals surface area contributed by atoms with Gasteiger partial charge < -0.3 is 10.5 Å². The SMILES string of the molecule is C=C(C)COc1cccc(CC(N)CC)c1. The van der Waals surface area contributed by atoms with Crippen LogP contribution in [0.4, 0.5) is 0 Å². The Bertz CT molecular complexity index is 346. The molecule has 0 aliphatic carbocycles.